The van der Waals surface area contributed by atoms with Crippen molar-refractivity contribution in [2.45, 2.75) is 25.7 Å². The molecule has 1 amide bonds. The molecule has 1 aromatic carbocycles. The number of benzene rings is 1. The minimum Gasteiger partial charge on any atom is -0.490 e. The van der Waals surface area contributed by atoms with Gasteiger partial charge in [0.25, 0.3) is 5.91 Å². The Kier molecular flexibility index (Phi) is 6.98. The highest BCUT2D eigenvalue weighted by Gasteiger charge is 2.22. The predicted octanol–water partition coefficient (Wildman–Crippen LogP) is 3.65. The number of hydrogen-bond acceptors (Lipinski definition) is 6. The summed E-state index contributed by atoms with van der Waals surface area (Å²) in [6.07, 6.45) is 4.14. The first-order chi connectivity index (χ1) is 13.6. The van der Waals surface area contributed by atoms with Crippen LogP contribution in [0.1, 0.15) is 39.2 Å². The van der Waals surface area contributed by atoms with E-state index < -0.39 is 0 Å². The molecule has 0 bridgehead atoms. The molecule has 0 aliphatic heterocycles. The number of anilines is 1. The third-order valence-corrected chi connectivity index (χ3v) is 5.83. The van der Waals surface area contributed by atoms with Gasteiger partial charge in [0.05, 0.1) is 17.7 Å². The lowest BCUT2D eigenvalue weighted by atomic mass is 9.96. The first-order valence-corrected chi connectivity index (χ1v) is 10.2. The van der Waals surface area contributed by atoms with E-state index in [4.69, 9.17) is 21.7 Å². The van der Waals surface area contributed by atoms with Crippen molar-refractivity contribution in [3.63, 3.8) is 0 Å². The number of rotatable bonds is 6. The van der Waals surface area contributed by atoms with Crippen molar-refractivity contribution in [3.05, 3.63) is 45.8 Å². The Morgan fingerprint density at radius 3 is 2.86 bits per heavy atom. The van der Waals surface area contributed by atoms with Crippen molar-refractivity contribution < 1.29 is 14.3 Å². The largest absolute Gasteiger partial charge is 0.490 e. The molecule has 8 heteroatoms. The summed E-state index contributed by atoms with van der Waals surface area (Å²) in [4.78, 5) is 13.9. The van der Waals surface area contributed by atoms with E-state index >= 15 is 0 Å². The van der Waals surface area contributed by atoms with Gasteiger partial charge in [0.2, 0.25) is 0 Å². The van der Waals surface area contributed by atoms with Gasteiger partial charge in [-0.2, -0.15) is 5.26 Å². The number of ether oxygens (including phenoxy) is 2. The van der Waals surface area contributed by atoms with Crippen molar-refractivity contribution in [2.24, 2.45) is 0 Å². The van der Waals surface area contributed by atoms with Crippen LogP contribution in [0.2, 0.25) is 0 Å². The average Bonchev–Trinajstić information content (AvgIpc) is 3.05. The van der Waals surface area contributed by atoms with Crippen LogP contribution in [0.3, 0.4) is 0 Å². The summed E-state index contributed by atoms with van der Waals surface area (Å²) in [5.74, 6) is 0.0921. The number of fused-ring (bicyclic) bond motifs is 1. The van der Waals surface area contributed by atoms with Crippen LogP contribution in [0.4, 0.5) is 5.00 Å². The van der Waals surface area contributed by atoms with E-state index in [1.807, 2.05) is 0 Å². The number of hydrogen-bond donors (Lipinski definition) is 2. The maximum atomic E-state index is 12.6. The Bertz CT molecular complexity index is 918. The van der Waals surface area contributed by atoms with Gasteiger partial charge >= 0.3 is 0 Å². The molecule has 0 unspecified atom stereocenters. The Morgan fingerprint density at radius 2 is 2.07 bits per heavy atom. The molecule has 0 atom stereocenters. The molecule has 0 radical (unpaired) electrons. The van der Waals surface area contributed by atoms with Crippen molar-refractivity contribution in [1.82, 2.24) is 5.32 Å². The summed E-state index contributed by atoms with van der Waals surface area (Å²) < 4.78 is 10.6. The molecular weight excluding hydrogens is 394 g/mol. The molecule has 1 aromatic heterocycles. The van der Waals surface area contributed by atoms with E-state index in [9.17, 15) is 10.1 Å². The van der Waals surface area contributed by atoms with Gasteiger partial charge in [-0.15, -0.1) is 11.3 Å². The molecule has 0 saturated heterocycles. The van der Waals surface area contributed by atoms with Crippen LogP contribution < -0.4 is 15.4 Å². The Morgan fingerprint density at radius 1 is 1.29 bits per heavy atom. The number of amides is 1. The molecular formula is C20H21N3O3S2. The number of nitriles is 1. The lowest BCUT2D eigenvalue weighted by Crippen LogP contribution is -2.34. The minimum absolute atomic E-state index is 0.159. The number of thiocarbonyl (C=S) groups is 1. The number of methoxy groups -OCH3 is 1. The van der Waals surface area contributed by atoms with Gasteiger partial charge in [0.1, 0.15) is 23.4 Å². The van der Waals surface area contributed by atoms with Crippen LogP contribution >= 0.6 is 23.6 Å². The average molecular weight is 416 g/mol. The summed E-state index contributed by atoms with van der Waals surface area (Å²) in [6.45, 7) is 0.770. The number of para-hydroxylation sites is 1. The second-order valence-electron chi connectivity index (χ2n) is 6.27. The standard InChI is InChI=1S/C20H21N3O3S2/c1-25-10-11-26-16-8-4-2-7-14(16)18(24)22-20(27)23-19-15(12-21)13-6-3-5-9-17(13)28-19/h2,4,7-8H,3,5-6,9-11H2,1H3,(H2,22,23,24,27). The van der Waals surface area contributed by atoms with E-state index in [2.05, 4.69) is 16.7 Å². The number of carbonyl (C=O) groups is 1. The molecule has 1 heterocycles. The third kappa shape index (κ3) is 4.68. The summed E-state index contributed by atoms with van der Waals surface area (Å²) in [6, 6.07) is 9.23. The summed E-state index contributed by atoms with van der Waals surface area (Å²) >= 11 is 6.85. The van der Waals surface area contributed by atoms with Crippen LogP contribution in [0.25, 0.3) is 0 Å². The maximum Gasteiger partial charge on any atom is 0.261 e. The van der Waals surface area contributed by atoms with E-state index in [-0.39, 0.29) is 11.0 Å². The molecule has 0 fully saturated rings. The number of aryl methyl sites for hydroxylation is 1. The van der Waals surface area contributed by atoms with E-state index in [1.54, 1.807) is 42.7 Å². The van der Waals surface area contributed by atoms with Gasteiger partial charge in [0, 0.05) is 12.0 Å². The zero-order valence-corrected chi connectivity index (χ0v) is 17.2. The van der Waals surface area contributed by atoms with Crippen molar-refractivity contribution in [2.75, 3.05) is 25.6 Å². The Balaban J connectivity index is 1.68. The second-order valence-corrected chi connectivity index (χ2v) is 7.79. The highest BCUT2D eigenvalue weighted by Crippen LogP contribution is 2.37. The number of nitrogens with one attached hydrogen (secondary N) is 2. The van der Waals surface area contributed by atoms with Gasteiger partial charge in [-0.3, -0.25) is 10.1 Å². The molecule has 28 heavy (non-hydrogen) atoms. The first-order valence-electron chi connectivity index (χ1n) is 9.01. The Hall–Kier alpha value is -2.47. The molecule has 1 aliphatic carbocycles. The second kappa shape index (κ2) is 9.64. The Labute approximate surface area is 173 Å². The number of carbonyl (C=O) groups excluding carboxylic acids is 1. The van der Waals surface area contributed by atoms with Crippen molar-refractivity contribution in [1.29, 1.82) is 5.26 Å². The van der Waals surface area contributed by atoms with E-state index in [1.165, 1.54) is 4.88 Å². The molecule has 0 saturated carbocycles. The zero-order valence-electron chi connectivity index (χ0n) is 15.5. The van der Waals surface area contributed by atoms with Gasteiger partial charge in [-0.05, 0) is 55.6 Å². The fourth-order valence-corrected chi connectivity index (χ4v) is 4.60. The molecule has 2 N–H and O–H groups in total. The van der Waals surface area contributed by atoms with Crippen LogP contribution in [-0.4, -0.2) is 31.3 Å². The summed E-state index contributed by atoms with van der Waals surface area (Å²) in [7, 11) is 1.59. The van der Waals surface area contributed by atoms with Crippen LogP contribution in [0.5, 0.6) is 5.75 Å². The molecule has 3 rings (SSSR count). The SMILES string of the molecule is COCCOc1ccccc1C(=O)NC(=S)Nc1sc2c(c1C#N)CCCC2. The third-order valence-electron chi connectivity index (χ3n) is 4.41. The predicted molar refractivity (Wildman–Crippen MR) is 113 cm³/mol. The minimum atomic E-state index is -0.370. The zero-order chi connectivity index (χ0) is 19.9. The maximum absolute atomic E-state index is 12.6. The quantitative estimate of drug-likeness (QED) is 0.553. The van der Waals surface area contributed by atoms with Crippen molar-refractivity contribution >= 4 is 39.6 Å². The monoisotopic (exact) mass is 415 g/mol. The highest BCUT2D eigenvalue weighted by atomic mass is 32.1. The molecule has 1 aliphatic rings. The van der Waals surface area contributed by atoms with Crippen LogP contribution in [0, 0.1) is 11.3 Å². The van der Waals surface area contributed by atoms with Gasteiger partial charge in [-0.25, -0.2) is 0 Å². The highest BCUT2D eigenvalue weighted by molar-refractivity contribution is 7.80. The summed E-state index contributed by atoms with van der Waals surface area (Å²) in [5, 5.41) is 16.1. The van der Waals surface area contributed by atoms with E-state index in [0.29, 0.717) is 35.1 Å². The lowest BCUT2D eigenvalue weighted by Gasteiger charge is -2.12. The van der Waals surface area contributed by atoms with E-state index in [0.717, 1.165) is 31.2 Å². The number of thiophene rings is 1. The molecule has 0 spiro atoms. The number of nitrogens with zero attached hydrogens (tertiary/aromatic N) is 1. The van der Waals surface area contributed by atoms with Gasteiger partial charge < -0.3 is 14.8 Å². The lowest BCUT2D eigenvalue weighted by molar-refractivity contribution is 0.0970. The molecule has 6 nitrogen and oxygen atoms in total. The normalized spacial score (nSPS) is 12.6. The molecule has 2 aromatic rings. The summed E-state index contributed by atoms with van der Waals surface area (Å²) in [5.41, 5.74) is 2.14. The fraction of sp³-hybridized carbons (Fsp3) is 0.350. The topological polar surface area (TPSA) is 83.4 Å². The molecule has 146 valence electrons. The van der Waals surface area contributed by atoms with Crippen LogP contribution in [-0.2, 0) is 17.6 Å². The fourth-order valence-electron chi connectivity index (χ4n) is 3.09. The van der Waals surface area contributed by atoms with Gasteiger partial charge in [-0.1, -0.05) is 12.1 Å². The van der Waals surface area contributed by atoms with Crippen molar-refractivity contribution in [3.8, 4) is 11.8 Å². The smallest absolute Gasteiger partial charge is 0.261 e. The van der Waals surface area contributed by atoms with Crippen LogP contribution in [0.15, 0.2) is 24.3 Å². The first kappa shape index (κ1) is 20.3. The van der Waals surface area contributed by atoms with Gasteiger partial charge in [0.15, 0.2) is 5.11 Å².